The Bertz CT molecular complexity index is 265. The number of ether oxygens (including phenoxy) is 1. The van der Waals surface area contributed by atoms with Crippen molar-refractivity contribution in [2.45, 2.75) is 52.5 Å². The van der Waals surface area contributed by atoms with E-state index in [1.807, 2.05) is 0 Å². The van der Waals surface area contributed by atoms with Crippen LogP contribution in [0.15, 0.2) is 0 Å². The fourth-order valence-corrected chi connectivity index (χ4v) is 3.42. The van der Waals surface area contributed by atoms with Crippen molar-refractivity contribution in [1.82, 2.24) is 5.32 Å². The van der Waals surface area contributed by atoms with E-state index < -0.39 is 5.54 Å². The van der Waals surface area contributed by atoms with Gasteiger partial charge >= 0.3 is 5.97 Å². The highest BCUT2D eigenvalue weighted by Gasteiger charge is 2.50. The lowest BCUT2D eigenvalue weighted by atomic mass is 9.65. The molecule has 0 heterocycles. The zero-order valence-electron chi connectivity index (χ0n) is 11.9. The number of carbonyl (C=O) groups is 1. The highest BCUT2D eigenvalue weighted by atomic mass is 16.5. The second kappa shape index (κ2) is 5.85. The summed E-state index contributed by atoms with van der Waals surface area (Å²) >= 11 is 0. The largest absolute Gasteiger partial charge is 0.468 e. The average molecular weight is 241 g/mol. The molecule has 3 heteroatoms. The maximum Gasteiger partial charge on any atom is 0.326 e. The van der Waals surface area contributed by atoms with Crippen molar-refractivity contribution in [2.75, 3.05) is 13.7 Å². The molecule has 0 bridgehead atoms. The molecule has 17 heavy (non-hydrogen) atoms. The molecule has 1 saturated carbocycles. The fraction of sp³-hybridized carbons (Fsp3) is 0.929. The van der Waals surface area contributed by atoms with Crippen LogP contribution in [0.5, 0.6) is 0 Å². The first-order valence-electron chi connectivity index (χ1n) is 6.81. The highest BCUT2D eigenvalue weighted by molar-refractivity contribution is 5.81. The van der Waals surface area contributed by atoms with Gasteiger partial charge in [-0.05, 0) is 37.1 Å². The van der Waals surface area contributed by atoms with E-state index in [-0.39, 0.29) is 5.97 Å². The molecule has 0 radical (unpaired) electrons. The minimum absolute atomic E-state index is 0.0791. The van der Waals surface area contributed by atoms with E-state index in [4.69, 9.17) is 4.74 Å². The van der Waals surface area contributed by atoms with Crippen LogP contribution in [0.1, 0.15) is 47.0 Å². The smallest absolute Gasteiger partial charge is 0.326 e. The predicted octanol–water partition coefficient (Wildman–Crippen LogP) is 2.60. The molecule has 100 valence electrons. The molecule has 1 aliphatic carbocycles. The molecular formula is C14H27NO2. The first kappa shape index (κ1) is 14.5. The molecule has 3 unspecified atom stereocenters. The summed E-state index contributed by atoms with van der Waals surface area (Å²) < 4.78 is 5.07. The van der Waals surface area contributed by atoms with E-state index >= 15 is 0 Å². The van der Waals surface area contributed by atoms with Gasteiger partial charge in [-0.1, -0.05) is 34.1 Å². The molecule has 1 aliphatic rings. The summed E-state index contributed by atoms with van der Waals surface area (Å²) in [6.07, 6.45) is 3.23. The first-order chi connectivity index (χ1) is 7.97. The monoisotopic (exact) mass is 241 g/mol. The van der Waals surface area contributed by atoms with Gasteiger partial charge in [0.1, 0.15) is 5.54 Å². The third-order valence-corrected chi connectivity index (χ3v) is 4.12. The van der Waals surface area contributed by atoms with Crippen LogP contribution in [0, 0.1) is 17.8 Å². The van der Waals surface area contributed by atoms with E-state index in [1.54, 1.807) is 0 Å². The fourth-order valence-electron chi connectivity index (χ4n) is 3.42. The van der Waals surface area contributed by atoms with Crippen LogP contribution >= 0.6 is 0 Å². The van der Waals surface area contributed by atoms with Crippen LogP contribution in [-0.2, 0) is 9.53 Å². The van der Waals surface area contributed by atoms with Crippen LogP contribution in [-0.4, -0.2) is 25.2 Å². The maximum atomic E-state index is 12.3. The minimum atomic E-state index is -0.463. The van der Waals surface area contributed by atoms with Crippen molar-refractivity contribution >= 4 is 5.97 Å². The topological polar surface area (TPSA) is 38.3 Å². The van der Waals surface area contributed by atoms with Crippen molar-refractivity contribution in [2.24, 2.45) is 17.8 Å². The molecule has 3 atom stereocenters. The maximum absolute atomic E-state index is 12.3. The van der Waals surface area contributed by atoms with E-state index in [9.17, 15) is 4.79 Å². The number of likely N-dealkylation sites (N-methyl/N-ethyl adjacent to an activating group) is 1. The standard InChI is InChI=1S/C14H27NO2/c1-6-15-14(13(16)17-5)9-11(4)7-8-12(14)10(2)3/h10-12,15H,6-9H2,1-5H3. The number of rotatable bonds is 4. The number of methoxy groups -OCH3 is 1. The molecular weight excluding hydrogens is 214 g/mol. The molecule has 0 aromatic rings. The van der Waals surface area contributed by atoms with Crippen LogP contribution in [0.4, 0.5) is 0 Å². The molecule has 0 aliphatic heterocycles. The van der Waals surface area contributed by atoms with Gasteiger partial charge in [0.15, 0.2) is 0 Å². The Balaban J connectivity index is 3.05. The van der Waals surface area contributed by atoms with Crippen molar-refractivity contribution in [1.29, 1.82) is 0 Å². The van der Waals surface area contributed by atoms with Crippen molar-refractivity contribution < 1.29 is 9.53 Å². The van der Waals surface area contributed by atoms with Gasteiger partial charge in [-0.3, -0.25) is 4.79 Å². The Morgan fingerprint density at radius 2 is 2.12 bits per heavy atom. The minimum Gasteiger partial charge on any atom is -0.468 e. The number of nitrogens with one attached hydrogen (secondary N) is 1. The zero-order chi connectivity index (χ0) is 13.1. The molecule has 1 rings (SSSR count). The first-order valence-corrected chi connectivity index (χ1v) is 6.81. The summed E-state index contributed by atoms with van der Waals surface area (Å²) in [6, 6.07) is 0. The second-order valence-corrected chi connectivity index (χ2v) is 5.73. The Morgan fingerprint density at radius 3 is 2.59 bits per heavy atom. The Kier molecular flexibility index (Phi) is 4.99. The molecule has 0 aromatic carbocycles. The number of esters is 1. The number of hydrogen-bond donors (Lipinski definition) is 1. The molecule has 0 saturated heterocycles. The summed E-state index contributed by atoms with van der Waals surface area (Å²) in [5, 5.41) is 3.44. The molecule has 1 N–H and O–H groups in total. The van der Waals surface area contributed by atoms with Crippen LogP contribution in [0.25, 0.3) is 0 Å². The Morgan fingerprint density at radius 1 is 1.47 bits per heavy atom. The summed E-state index contributed by atoms with van der Waals surface area (Å²) in [6.45, 7) is 9.50. The number of hydrogen-bond acceptors (Lipinski definition) is 3. The molecule has 0 aromatic heterocycles. The summed E-state index contributed by atoms with van der Waals surface area (Å²) in [4.78, 5) is 12.3. The molecule has 1 fully saturated rings. The SMILES string of the molecule is CCNC1(C(=O)OC)CC(C)CCC1C(C)C. The van der Waals surface area contributed by atoms with Gasteiger partial charge in [-0.25, -0.2) is 0 Å². The molecule has 3 nitrogen and oxygen atoms in total. The van der Waals surface area contributed by atoms with E-state index in [1.165, 1.54) is 13.5 Å². The van der Waals surface area contributed by atoms with Gasteiger partial charge in [0.2, 0.25) is 0 Å². The predicted molar refractivity (Wildman–Crippen MR) is 69.8 cm³/mol. The Labute approximate surface area is 105 Å². The zero-order valence-corrected chi connectivity index (χ0v) is 11.9. The highest BCUT2D eigenvalue weighted by Crippen LogP contribution is 2.41. The number of carbonyl (C=O) groups excluding carboxylic acids is 1. The van der Waals surface area contributed by atoms with Gasteiger partial charge in [0.05, 0.1) is 7.11 Å². The van der Waals surface area contributed by atoms with Crippen LogP contribution in [0.3, 0.4) is 0 Å². The summed E-state index contributed by atoms with van der Waals surface area (Å²) in [7, 11) is 1.50. The average Bonchev–Trinajstić information content (AvgIpc) is 2.27. The van der Waals surface area contributed by atoms with E-state index in [0.29, 0.717) is 17.8 Å². The van der Waals surface area contributed by atoms with Crippen LogP contribution < -0.4 is 5.32 Å². The van der Waals surface area contributed by atoms with Gasteiger partial charge in [-0.2, -0.15) is 0 Å². The van der Waals surface area contributed by atoms with Gasteiger partial charge in [0.25, 0.3) is 0 Å². The quantitative estimate of drug-likeness (QED) is 0.769. The molecule has 0 amide bonds. The molecule has 0 spiro atoms. The van der Waals surface area contributed by atoms with Crippen molar-refractivity contribution in [3.8, 4) is 0 Å². The van der Waals surface area contributed by atoms with Crippen LogP contribution in [0.2, 0.25) is 0 Å². The lowest BCUT2D eigenvalue weighted by Crippen LogP contribution is -2.61. The van der Waals surface area contributed by atoms with Gasteiger partial charge < -0.3 is 10.1 Å². The van der Waals surface area contributed by atoms with E-state index in [0.717, 1.165) is 19.4 Å². The third kappa shape index (κ3) is 2.82. The second-order valence-electron chi connectivity index (χ2n) is 5.73. The summed E-state index contributed by atoms with van der Waals surface area (Å²) in [5.41, 5.74) is -0.463. The Hall–Kier alpha value is -0.570. The van der Waals surface area contributed by atoms with Gasteiger partial charge in [0, 0.05) is 0 Å². The lowest BCUT2D eigenvalue weighted by molar-refractivity contribution is -0.155. The normalized spacial score (nSPS) is 33.8. The van der Waals surface area contributed by atoms with Crippen molar-refractivity contribution in [3.05, 3.63) is 0 Å². The van der Waals surface area contributed by atoms with Gasteiger partial charge in [-0.15, -0.1) is 0 Å². The van der Waals surface area contributed by atoms with Crippen molar-refractivity contribution in [3.63, 3.8) is 0 Å². The lowest BCUT2D eigenvalue weighted by Gasteiger charge is -2.46. The third-order valence-electron chi connectivity index (χ3n) is 4.12. The van der Waals surface area contributed by atoms with E-state index in [2.05, 4.69) is 33.0 Å². The summed E-state index contributed by atoms with van der Waals surface area (Å²) in [5.74, 6) is 1.39.